The fourth-order valence-electron chi connectivity index (χ4n) is 2.89. The van der Waals surface area contributed by atoms with Gasteiger partial charge in [-0.3, -0.25) is 4.79 Å². The van der Waals surface area contributed by atoms with E-state index >= 15 is 0 Å². The van der Waals surface area contributed by atoms with Crippen molar-refractivity contribution in [2.75, 3.05) is 19.6 Å². The molecule has 0 spiro atoms. The molecule has 2 N–H and O–H groups in total. The van der Waals surface area contributed by atoms with Crippen LogP contribution in [0.5, 0.6) is 0 Å². The number of rotatable bonds is 4. The molecule has 0 aliphatic carbocycles. The molecular formula is C17H20N2O. The Bertz CT molecular complexity index is 623. The van der Waals surface area contributed by atoms with E-state index in [0.717, 1.165) is 19.5 Å². The number of nitrogens with zero attached hydrogens (tertiary/aromatic N) is 1. The molecule has 20 heavy (non-hydrogen) atoms. The van der Waals surface area contributed by atoms with Crippen LogP contribution in [0.15, 0.2) is 42.5 Å². The van der Waals surface area contributed by atoms with Crippen LogP contribution < -0.4 is 5.73 Å². The number of carbonyl (C=O) groups excluding carboxylic acids is 1. The fraction of sp³-hybridized carbons (Fsp3) is 0.353. The number of hydrogen-bond donors (Lipinski definition) is 1. The highest BCUT2D eigenvalue weighted by molar-refractivity contribution is 5.83. The maximum atomic E-state index is 11.8. The van der Waals surface area contributed by atoms with Gasteiger partial charge < -0.3 is 10.6 Å². The lowest BCUT2D eigenvalue weighted by Crippen LogP contribution is -2.28. The molecule has 3 heteroatoms. The normalized spacial score (nSPS) is 18.9. The molecule has 2 aromatic rings. The van der Waals surface area contributed by atoms with Crippen molar-refractivity contribution in [3.8, 4) is 0 Å². The van der Waals surface area contributed by atoms with Crippen molar-refractivity contribution in [1.82, 2.24) is 4.90 Å². The molecule has 0 bridgehead atoms. The number of amides is 1. The van der Waals surface area contributed by atoms with Crippen molar-refractivity contribution < 1.29 is 4.79 Å². The van der Waals surface area contributed by atoms with Crippen molar-refractivity contribution in [2.24, 2.45) is 11.7 Å². The van der Waals surface area contributed by atoms with Crippen LogP contribution >= 0.6 is 0 Å². The van der Waals surface area contributed by atoms with Gasteiger partial charge in [0, 0.05) is 19.5 Å². The smallest absolute Gasteiger partial charge is 0.222 e. The first-order valence-electron chi connectivity index (χ1n) is 7.22. The van der Waals surface area contributed by atoms with Crippen LogP contribution in [-0.4, -0.2) is 30.4 Å². The largest absolute Gasteiger partial charge is 0.342 e. The minimum Gasteiger partial charge on any atom is -0.342 e. The molecule has 1 saturated heterocycles. The van der Waals surface area contributed by atoms with Crippen LogP contribution in [0.4, 0.5) is 0 Å². The molecule has 1 aliphatic heterocycles. The summed E-state index contributed by atoms with van der Waals surface area (Å²) in [6.45, 7) is 2.23. The second kappa shape index (κ2) is 5.63. The van der Waals surface area contributed by atoms with Crippen molar-refractivity contribution in [1.29, 1.82) is 0 Å². The van der Waals surface area contributed by atoms with Crippen molar-refractivity contribution in [3.05, 3.63) is 48.0 Å². The summed E-state index contributed by atoms with van der Waals surface area (Å²) in [5.41, 5.74) is 6.93. The molecule has 1 heterocycles. The van der Waals surface area contributed by atoms with E-state index in [-0.39, 0.29) is 5.91 Å². The standard InChI is InChI=1S/C17H20N2O/c18-11-14-10-17(20)19(12-14)8-7-13-5-6-15-3-1-2-4-16(15)9-13/h1-6,9,14H,7-8,10-12,18H2. The molecule has 1 fully saturated rings. The third kappa shape index (κ3) is 2.68. The number of nitrogens with two attached hydrogens (primary N) is 1. The third-order valence-corrected chi connectivity index (χ3v) is 4.11. The van der Waals surface area contributed by atoms with E-state index < -0.39 is 0 Å². The van der Waals surface area contributed by atoms with Crippen molar-refractivity contribution in [2.45, 2.75) is 12.8 Å². The highest BCUT2D eigenvalue weighted by Gasteiger charge is 2.27. The lowest BCUT2D eigenvalue weighted by Gasteiger charge is -2.16. The van der Waals surface area contributed by atoms with Gasteiger partial charge >= 0.3 is 0 Å². The second-order valence-corrected chi connectivity index (χ2v) is 5.58. The first kappa shape index (κ1) is 13.1. The highest BCUT2D eigenvalue weighted by atomic mass is 16.2. The summed E-state index contributed by atoms with van der Waals surface area (Å²) in [5, 5.41) is 2.52. The Hall–Kier alpha value is -1.87. The summed E-state index contributed by atoms with van der Waals surface area (Å²) in [6, 6.07) is 14.9. The van der Waals surface area contributed by atoms with Crippen LogP contribution in [0.2, 0.25) is 0 Å². The summed E-state index contributed by atoms with van der Waals surface area (Å²) in [6.07, 6.45) is 1.53. The molecule has 0 aromatic heterocycles. The first-order valence-corrected chi connectivity index (χ1v) is 7.22. The topological polar surface area (TPSA) is 46.3 Å². The van der Waals surface area contributed by atoms with Gasteiger partial charge in [0.25, 0.3) is 0 Å². The Kier molecular flexibility index (Phi) is 3.70. The van der Waals surface area contributed by atoms with Gasteiger partial charge in [0.05, 0.1) is 0 Å². The van der Waals surface area contributed by atoms with Crippen molar-refractivity contribution >= 4 is 16.7 Å². The molecule has 3 rings (SSSR count). The van der Waals surface area contributed by atoms with E-state index in [1.54, 1.807) is 0 Å². The van der Waals surface area contributed by atoms with Crippen LogP contribution in [0.3, 0.4) is 0 Å². The molecule has 104 valence electrons. The molecular weight excluding hydrogens is 248 g/mol. The predicted molar refractivity (Wildman–Crippen MR) is 81.4 cm³/mol. The Morgan fingerprint density at radius 3 is 2.70 bits per heavy atom. The Morgan fingerprint density at radius 2 is 1.95 bits per heavy atom. The molecule has 0 saturated carbocycles. The maximum Gasteiger partial charge on any atom is 0.222 e. The summed E-state index contributed by atoms with van der Waals surface area (Å²) in [7, 11) is 0. The van der Waals surface area contributed by atoms with Gasteiger partial charge in [0.15, 0.2) is 0 Å². The average Bonchev–Trinajstić information content (AvgIpc) is 2.85. The fourth-order valence-corrected chi connectivity index (χ4v) is 2.89. The number of hydrogen-bond acceptors (Lipinski definition) is 2. The Labute approximate surface area is 119 Å². The monoisotopic (exact) mass is 268 g/mol. The van der Waals surface area contributed by atoms with Crippen LogP contribution in [0.1, 0.15) is 12.0 Å². The number of carbonyl (C=O) groups is 1. The summed E-state index contributed by atoms with van der Waals surface area (Å²) < 4.78 is 0. The molecule has 2 aromatic carbocycles. The number of benzene rings is 2. The summed E-state index contributed by atoms with van der Waals surface area (Å²) in [4.78, 5) is 13.8. The second-order valence-electron chi connectivity index (χ2n) is 5.58. The zero-order chi connectivity index (χ0) is 13.9. The summed E-state index contributed by atoms with van der Waals surface area (Å²) >= 11 is 0. The van der Waals surface area contributed by atoms with Gasteiger partial charge in [0.1, 0.15) is 0 Å². The molecule has 1 unspecified atom stereocenters. The zero-order valence-electron chi connectivity index (χ0n) is 11.6. The lowest BCUT2D eigenvalue weighted by atomic mass is 10.1. The number of fused-ring (bicyclic) bond motifs is 1. The van der Waals surface area contributed by atoms with Gasteiger partial charge in [-0.1, -0.05) is 42.5 Å². The number of likely N-dealkylation sites (tertiary alicyclic amines) is 1. The Morgan fingerprint density at radius 1 is 1.15 bits per heavy atom. The lowest BCUT2D eigenvalue weighted by molar-refractivity contribution is -0.127. The van der Waals surface area contributed by atoms with Crippen LogP contribution in [0, 0.1) is 5.92 Å². The van der Waals surface area contributed by atoms with Crippen LogP contribution in [0.25, 0.3) is 10.8 Å². The van der Waals surface area contributed by atoms with Gasteiger partial charge in [-0.05, 0) is 35.2 Å². The molecule has 0 radical (unpaired) electrons. The van der Waals surface area contributed by atoms with Gasteiger partial charge in [0.2, 0.25) is 5.91 Å². The van der Waals surface area contributed by atoms with Crippen LogP contribution in [-0.2, 0) is 11.2 Å². The first-order chi connectivity index (χ1) is 9.76. The van der Waals surface area contributed by atoms with E-state index in [1.165, 1.54) is 16.3 Å². The predicted octanol–water partition coefficient (Wildman–Crippen LogP) is 2.19. The van der Waals surface area contributed by atoms with E-state index in [2.05, 4.69) is 42.5 Å². The van der Waals surface area contributed by atoms with Gasteiger partial charge in [-0.2, -0.15) is 0 Å². The molecule has 1 amide bonds. The highest BCUT2D eigenvalue weighted by Crippen LogP contribution is 2.19. The minimum atomic E-state index is 0.251. The molecule has 1 aliphatic rings. The maximum absolute atomic E-state index is 11.8. The van der Waals surface area contributed by atoms with Crippen molar-refractivity contribution in [3.63, 3.8) is 0 Å². The SMILES string of the molecule is NCC1CC(=O)N(CCc2ccc3ccccc3c2)C1. The van der Waals surface area contributed by atoms with Gasteiger partial charge in [-0.15, -0.1) is 0 Å². The summed E-state index contributed by atoms with van der Waals surface area (Å²) in [5.74, 6) is 0.598. The van der Waals surface area contributed by atoms with E-state index in [9.17, 15) is 4.79 Å². The molecule has 1 atom stereocenters. The van der Waals surface area contributed by atoms with E-state index in [0.29, 0.717) is 18.9 Å². The van der Waals surface area contributed by atoms with E-state index in [4.69, 9.17) is 5.73 Å². The Balaban J connectivity index is 1.66. The quantitative estimate of drug-likeness (QED) is 0.924. The van der Waals surface area contributed by atoms with Gasteiger partial charge in [-0.25, -0.2) is 0 Å². The third-order valence-electron chi connectivity index (χ3n) is 4.11. The minimum absolute atomic E-state index is 0.251. The van der Waals surface area contributed by atoms with E-state index in [1.807, 2.05) is 4.90 Å². The molecule has 3 nitrogen and oxygen atoms in total. The zero-order valence-corrected chi connectivity index (χ0v) is 11.6. The average molecular weight is 268 g/mol.